The quantitative estimate of drug-likeness (QED) is 0.402. The van der Waals surface area contributed by atoms with Gasteiger partial charge in [0, 0.05) is 68.0 Å². The van der Waals surface area contributed by atoms with Crippen molar-refractivity contribution in [1.29, 1.82) is 0 Å². The Morgan fingerprint density at radius 3 is 2.94 bits per heavy atom. The van der Waals surface area contributed by atoms with Gasteiger partial charge in [-0.1, -0.05) is 6.07 Å². The van der Waals surface area contributed by atoms with Crippen LogP contribution in [0.25, 0.3) is 0 Å². The number of anilines is 2. The summed E-state index contributed by atoms with van der Waals surface area (Å²) in [5, 5.41) is 24.0. The van der Waals surface area contributed by atoms with E-state index >= 15 is 0 Å². The molecule has 5 heterocycles. The minimum absolute atomic E-state index is 0.00971. The maximum Gasteiger partial charge on any atom is 0.250 e. The molecule has 36 heavy (non-hydrogen) atoms. The molecule has 1 saturated heterocycles. The smallest absolute Gasteiger partial charge is 0.250 e. The molecule has 0 radical (unpaired) electrons. The number of carbonyl (C=O) groups is 1. The minimum Gasteiger partial charge on any atom is -0.733 e. The Kier molecular flexibility index (Phi) is 5.77. The number of aryl methyl sites for hydroxylation is 1. The molecule has 188 valence electrons. The molecular formula is C26H29N6O4-. The third kappa shape index (κ3) is 3.96. The molecule has 1 amide bonds. The number of pyridine rings is 1. The lowest BCUT2D eigenvalue weighted by atomic mass is 9.70. The first-order chi connectivity index (χ1) is 17.5. The van der Waals surface area contributed by atoms with Gasteiger partial charge in [0.15, 0.2) is 0 Å². The predicted octanol–water partition coefficient (Wildman–Crippen LogP) is 2.11. The molecule has 0 saturated carbocycles. The number of nitrogens with one attached hydrogen (secondary N) is 1. The van der Waals surface area contributed by atoms with Gasteiger partial charge in [0.2, 0.25) is 5.91 Å². The molecule has 2 unspecified atom stereocenters. The van der Waals surface area contributed by atoms with Crippen LogP contribution in [0.3, 0.4) is 0 Å². The number of hydrogen-bond donors (Lipinski definition) is 2. The highest BCUT2D eigenvalue weighted by atomic mass is 16.8. The third-order valence-electron chi connectivity index (χ3n) is 8.00. The summed E-state index contributed by atoms with van der Waals surface area (Å²) in [5.74, 6) is -0.00184. The van der Waals surface area contributed by atoms with Gasteiger partial charge in [0.25, 0.3) is 5.56 Å². The van der Waals surface area contributed by atoms with E-state index in [4.69, 9.17) is 0 Å². The van der Waals surface area contributed by atoms with Crippen LogP contribution in [-0.2, 0) is 24.3 Å². The number of carbonyl (C=O) groups excluding carboxylic acids is 1. The highest BCUT2D eigenvalue weighted by Gasteiger charge is 2.49. The van der Waals surface area contributed by atoms with Crippen LogP contribution in [0.5, 0.6) is 0 Å². The second-order valence-electron chi connectivity index (χ2n) is 10.1. The van der Waals surface area contributed by atoms with Crippen LogP contribution in [-0.4, -0.2) is 44.4 Å². The van der Waals surface area contributed by atoms with E-state index in [1.165, 1.54) is 0 Å². The summed E-state index contributed by atoms with van der Waals surface area (Å²) >= 11 is 0. The Morgan fingerprint density at radius 1 is 1.25 bits per heavy atom. The normalized spacial score (nSPS) is 23.9. The molecule has 0 aliphatic carbocycles. The van der Waals surface area contributed by atoms with Crippen LogP contribution in [0.4, 0.5) is 11.4 Å². The second kappa shape index (κ2) is 9.11. The van der Waals surface area contributed by atoms with Gasteiger partial charge in [-0.25, -0.2) is 4.98 Å². The average Bonchev–Trinajstić information content (AvgIpc) is 3.40. The standard InChI is InChI=1S/C26H29N6O4/c33-24-4-1-3-22-18-11-19(15-30(22)24)25-21(26(34)28-7-2-9-29-10-8-27-16-29)13-17-12-20(32(35)36)5-6-23(17)31(25)14-18/h1,3-6,8,10,12,16,18-19,21,25,35H,2,7,9,11,13-15H2,(H,28,34)/q-1/t18?,19?,21-,25+/m1/s1. The number of rotatable bonds is 6. The van der Waals surface area contributed by atoms with Gasteiger partial charge in [-0.2, -0.15) is 0 Å². The Bertz CT molecular complexity index is 1320. The summed E-state index contributed by atoms with van der Waals surface area (Å²) in [7, 11) is 0. The fourth-order valence-electron chi connectivity index (χ4n) is 6.48. The first kappa shape index (κ1) is 22.8. The van der Waals surface area contributed by atoms with Crippen LogP contribution >= 0.6 is 0 Å². The molecule has 3 aliphatic rings. The summed E-state index contributed by atoms with van der Waals surface area (Å²) < 4.78 is 3.87. The SMILES string of the molecule is O=C(NCCCn1ccnc1)[C@@H]1Cc2cc(N([O-])O)ccc2N2CC3CC(Cn4c3cccc4=O)[C@@H]12. The van der Waals surface area contributed by atoms with Crippen LogP contribution in [0.1, 0.15) is 30.0 Å². The lowest BCUT2D eigenvalue weighted by molar-refractivity contribution is -0.126. The summed E-state index contributed by atoms with van der Waals surface area (Å²) in [6.07, 6.45) is 7.60. The van der Waals surface area contributed by atoms with E-state index in [2.05, 4.69) is 15.2 Å². The highest BCUT2D eigenvalue weighted by molar-refractivity contribution is 5.82. The monoisotopic (exact) mass is 489 g/mol. The number of fused-ring (bicyclic) bond motifs is 8. The van der Waals surface area contributed by atoms with Gasteiger partial charge in [0.05, 0.1) is 17.9 Å². The third-order valence-corrected chi connectivity index (χ3v) is 8.00. The van der Waals surface area contributed by atoms with E-state index in [1.807, 2.05) is 33.5 Å². The van der Waals surface area contributed by atoms with Gasteiger partial charge in [0.1, 0.15) is 0 Å². The van der Waals surface area contributed by atoms with Crippen molar-refractivity contribution in [3.63, 3.8) is 0 Å². The molecule has 10 heteroatoms. The van der Waals surface area contributed by atoms with Gasteiger partial charge in [-0.05, 0) is 55.0 Å². The predicted molar refractivity (Wildman–Crippen MR) is 134 cm³/mol. The Morgan fingerprint density at radius 2 is 2.14 bits per heavy atom. The van der Waals surface area contributed by atoms with Crippen LogP contribution in [0.2, 0.25) is 0 Å². The van der Waals surface area contributed by atoms with E-state index in [-0.39, 0.29) is 46.2 Å². The Balaban J connectivity index is 1.30. The fourth-order valence-corrected chi connectivity index (χ4v) is 6.48. The molecule has 2 N–H and O–H groups in total. The summed E-state index contributed by atoms with van der Waals surface area (Å²) in [6.45, 7) is 2.61. The van der Waals surface area contributed by atoms with E-state index in [0.717, 1.165) is 36.3 Å². The number of imidazole rings is 1. The van der Waals surface area contributed by atoms with Crippen molar-refractivity contribution in [1.82, 2.24) is 19.4 Å². The van der Waals surface area contributed by atoms with Crippen molar-refractivity contribution in [3.8, 4) is 0 Å². The molecule has 0 spiro atoms. The molecule has 1 aromatic carbocycles. The first-order valence-corrected chi connectivity index (χ1v) is 12.5. The number of amides is 1. The van der Waals surface area contributed by atoms with E-state index in [0.29, 0.717) is 26.1 Å². The van der Waals surface area contributed by atoms with Crippen LogP contribution < -0.4 is 21.0 Å². The van der Waals surface area contributed by atoms with Crippen molar-refractivity contribution < 1.29 is 10.0 Å². The summed E-state index contributed by atoms with van der Waals surface area (Å²) in [5.41, 5.74) is 3.08. The molecule has 4 atom stereocenters. The van der Waals surface area contributed by atoms with E-state index in [9.17, 15) is 20.0 Å². The number of nitrogens with zero attached hydrogens (tertiary/aromatic N) is 5. The molecule has 2 aromatic heterocycles. The number of aromatic nitrogens is 3. The Labute approximate surface area is 208 Å². The molecule has 3 aromatic rings. The first-order valence-electron chi connectivity index (χ1n) is 12.5. The van der Waals surface area contributed by atoms with Gasteiger partial charge in [-0.15, -0.1) is 0 Å². The second-order valence-corrected chi connectivity index (χ2v) is 10.1. The van der Waals surface area contributed by atoms with Gasteiger partial charge in [-0.3, -0.25) is 14.8 Å². The summed E-state index contributed by atoms with van der Waals surface area (Å²) in [4.78, 5) is 32.6. The van der Waals surface area contributed by atoms with Crippen LogP contribution in [0.15, 0.2) is 59.9 Å². The van der Waals surface area contributed by atoms with Gasteiger partial charge < -0.3 is 29.8 Å². The molecular weight excluding hydrogens is 460 g/mol. The van der Waals surface area contributed by atoms with E-state index < -0.39 is 0 Å². The van der Waals surface area contributed by atoms with Crippen molar-refractivity contribution in [2.45, 2.75) is 44.3 Å². The minimum atomic E-state index is -0.327. The molecule has 3 aliphatic heterocycles. The number of hydrogen-bond acceptors (Lipinski definition) is 7. The van der Waals surface area contributed by atoms with Crippen molar-refractivity contribution in [2.75, 3.05) is 23.2 Å². The maximum atomic E-state index is 13.6. The van der Waals surface area contributed by atoms with Crippen molar-refractivity contribution >= 4 is 17.3 Å². The zero-order valence-corrected chi connectivity index (χ0v) is 19.9. The molecule has 1 fully saturated rings. The average molecular weight is 490 g/mol. The number of benzene rings is 1. The van der Waals surface area contributed by atoms with Crippen molar-refractivity contribution in [2.24, 2.45) is 11.8 Å². The maximum absolute atomic E-state index is 13.6. The number of piperidine rings is 1. The van der Waals surface area contributed by atoms with Crippen molar-refractivity contribution in [3.05, 3.63) is 81.9 Å². The lowest BCUT2D eigenvalue weighted by Crippen LogP contribution is -2.61. The van der Waals surface area contributed by atoms with Gasteiger partial charge >= 0.3 is 0 Å². The topological polar surface area (TPSA) is 119 Å². The fraction of sp³-hybridized carbons (Fsp3) is 0.423. The highest BCUT2D eigenvalue weighted by Crippen LogP contribution is 2.47. The lowest BCUT2D eigenvalue weighted by Gasteiger charge is -2.54. The summed E-state index contributed by atoms with van der Waals surface area (Å²) in [6, 6.07) is 10.6. The molecule has 2 bridgehead atoms. The zero-order chi connectivity index (χ0) is 24.8. The zero-order valence-electron chi connectivity index (χ0n) is 19.9. The molecule has 10 nitrogen and oxygen atoms in total. The van der Waals surface area contributed by atoms with Crippen LogP contribution in [0, 0.1) is 17.0 Å². The Hall–Kier alpha value is -3.63. The molecule has 6 rings (SSSR count). The largest absolute Gasteiger partial charge is 0.733 e. The van der Waals surface area contributed by atoms with E-state index in [1.54, 1.807) is 30.7 Å².